The Kier molecular flexibility index (Phi) is 5.24. The second kappa shape index (κ2) is 7.81. The molecule has 28 heavy (non-hydrogen) atoms. The third-order valence-corrected chi connectivity index (χ3v) is 5.66. The van der Waals surface area contributed by atoms with Gasteiger partial charge in [-0.3, -0.25) is 4.79 Å². The minimum Gasteiger partial charge on any atom is -0.423 e. The predicted molar refractivity (Wildman–Crippen MR) is 111 cm³/mol. The highest BCUT2D eigenvalue weighted by Gasteiger charge is 2.35. The van der Waals surface area contributed by atoms with E-state index in [-0.39, 0.29) is 24.4 Å². The minimum absolute atomic E-state index is 0. The minimum atomic E-state index is -0.0705. The molecule has 3 saturated heterocycles. The number of rotatable bonds is 4. The van der Waals surface area contributed by atoms with Crippen molar-refractivity contribution in [3.05, 3.63) is 54.1 Å². The van der Waals surface area contributed by atoms with Crippen molar-refractivity contribution in [1.82, 2.24) is 15.2 Å². The van der Waals surface area contributed by atoms with Crippen LogP contribution in [0.5, 0.6) is 0 Å². The third kappa shape index (κ3) is 3.57. The van der Waals surface area contributed by atoms with Gasteiger partial charge in [0, 0.05) is 18.3 Å². The van der Waals surface area contributed by atoms with Gasteiger partial charge in [-0.05, 0) is 56.1 Å². The lowest BCUT2D eigenvalue weighted by Crippen LogP contribution is -2.57. The van der Waals surface area contributed by atoms with E-state index in [2.05, 4.69) is 20.5 Å². The molecule has 3 aliphatic rings. The number of anilines is 2. The number of fused-ring (bicyclic) bond motifs is 4. The summed E-state index contributed by atoms with van der Waals surface area (Å²) in [6.45, 7) is 3.26. The quantitative estimate of drug-likeness (QED) is 0.699. The molecular weight excluding hydrogens is 376 g/mol. The summed E-state index contributed by atoms with van der Waals surface area (Å²) >= 11 is 0. The molecule has 146 valence electrons. The molecule has 3 aromatic rings. The number of hydrogen-bond acceptors (Lipinski definition) is 5. The van der Waals surface area contributed by atoms with E-state index in [4.69, 9.17) is 4.42 Å². The molecule has 4 heterocycles. The Hall–Kier alpha value is -2.57. The average Bonchev–Trinajstić information content (AvgIpc) is 3.12. The summed E-state index contributed by atoms with van der Waals surface area (Å²) < 4.78 is 5.79. The van der Waals surface area contributed by atoms with Gasteiger partial charge < -0.3 is 20.0 Å². The maximum atomic E-state index is 12.9. The van der Waals surface area contributed by atoms with Gasteiger partial charge in [-0.15, -0.1) is 12.4 Å². The average molecular weight is 399 g/mol. The molecule has 3 fully saturated rings. The fourth-order valence-corrected chi connectivity index (χ4v) is 4.20. The first kappa shape index (κ1) is 18.8. The number of amides is 1. The number of piperidine rings is 3. The molecule has 0 unspecified atom stereocenters. The molecule has 0 aliphatic carbocycles. The van der Waals surface area contributed by atoms with Crippen molar-refractivity contribution < 1.29 is 9.21 Å². The summed E-state index contributed by atoms with van der Waals surface area (Å²) in [7, 11) is 0. The Morgan fingerprint density at radius 1 is 1.07 bits per heavy atom. The van der Waals surface area contributed by atoms with Gasteiger partial charge in [-0.2, -0.15) is 4.98 Å². The van der Waals surface area contributed by atoms with Crippen LogP contribution < -0.4 is 10.6 Å². The van der Waals surface area contributed by atoms with E-state index in [1.54, 1.807) is 0 Å². The van der Waals surface area contributed by atoms with E-state index in [0.29, 0.717) is 28.6 Å². The Bertz CT molecular complexity index is 967. The number of carbonyl (C=O) groups is 1. The summed E-state index contributed by atoms with van der Waals surface area (Å²) in [6, 6.07) is 15.8. The lowest BCUT2D eigenvalue weighted by molar-refractivity contribution is 0.0621. The molecular formula is C21H23ClN4O2. The molecule has 6 rings (SSSR count). The van der Waals surface area contributed by atoms with Crippen LogP contribution in [0.15, 0.2) is 52.9 Å². The van der Waals surface area contributed by atoms with Crippen LogP contribution in [0, 0.1) is 5.92 Å². The second-order valence-electron chi connectivity index (χ2n) is 7.38. The van der Waals surface area contributed by atoms with Crippen LogP contribution in [0.25, 0.3) is 11.1 Å². The zero-order valence-corrected chi connectivity index (χ0v) is 16.2. The molecule has 7 heteroatoms. The van der Waals surface area contributed by atoms with E-state index in [9.17, 15) is 4.79 Å². The highest BCUT2D eigenvalue weighted by molar-refractivity contribution is 6.05. The Morgan fingerprint density at radius 3 is 2.57 bits per heavy atom. The molecule has 1 aromatic heterocycles. The molecule has 2 N–H and O–H groups in total. The zero-order valence-electron chi connectivity index (χ0n) is 15.4. The number of para-hydroxylation sites is 2. The van der Waals surface area contributed by atoms with Crippen LogP contribution in [0.2, 0.25) is 0 Å². The fourth-order valence-electron chi connectivity index (χ4n) is 4.20. The van der Waals surface area contributed by atoms with E-state index >= 15 is 0 Å². The maximum absolute atomic E-state index is 12.9. The molecule has 0 radical (unpaired) electrons. The molecule has 1 atom stereocenters. The van der Waals surface area contributed by atoms with Crippen molar-refractivity contribution in [3.8, 4) is 0 Å². The lowest BCUT2D eigenvalue weighted by Gasteiger charge is -2.44. The maximum Gasteiger partial charge on any atom is 0.300 e. The summed E-state index contributed by atoms with van der Waals surface area (Å²) in [5.41, 5.74) is 2.65. The highest BCUT2D eigenvalue weighted by Crippen LogP contribution is 2.29. The van der Waals surface area contributed by atoms with Crippen molar-refractivity contribution in [1.29, 1.82) is 0 Å². The topological polar surface area (TPSA) is 70.4 Å². The van der Waals surface area contributed by atoms with E-state index in [1.807, 2.05) is 48.5 Å². The van der Waals surface area contributed by atoms with E-state index in [0.717, 1.165) is 25.3 Å². The van der Waals surface area contributed by atoms with E-state index in [1.165, 1.54) is 12.8 Å². The number of nitrogens with zero attached hydrogens (tertiary/aromatic N) is 2. The molecule has 1 amide bonds. The molecule has 0 saturated carbocycles. The van der Waals surface area contributed by atoms with Gasteiger partial charge in [0.15, 0.2) is 5.58 Å². The normalized spacial score (nSPS) is 23.2. The van der Waals surface area contributed by atoms with Crippen molar-refractivity contribution in [2.24, 2.45) is 5.92 Å². The number of benzene rings is 2. The van der Waals surface area contributed by atoms with Gasteiger partial charge in [0.2, 0.25) is 0 Å². The number of aromatic nitrogens is 1. The van der Waals surface area contributed by atoms with Crippen molar-refractivity contribution in [2.45, 2.75) is 18.9 Å². The Morgan fingerprint density at radius 2 is 1.86 bits per heavy atom. The van der Waals surface area contributed by atoms with Gasteiger partial charge >= 0.3 is 0 Å². The van der Waals surface area contributed by atoms with Gasteiger partial charge in [-0.1, -0.05) is 24.3 Å². The smallest absolute Gasteiger partial charge is 0.300 e. The van der Waals surface area contributed by atoms with Crippen LogP contribution >= 0.6 is 12.4 Å². The third-order valence-electron chi connectivity index (χ3n) is 5.66. The standard InChI is InChI=1S/C21H22N4O2.ClH/c26-20(23-17-13-25-11-9-14(17)10-12-25)16-7-4-8-18-19(16)24-21(27-18)22-15-5-2-1-3-6-15;/h1-8,14,17H,9-13H2,(H,22,24)(H,23,26);1H/t17-;/m1./s1. The fraction of sp³-hybridized carbons (Fsp3) is 0.333. The van der Waals surface area contributed by atoms with Crippen LogP contribution in [-0.2, 0) is 0 Å². The molecule has 0 spiro atoms. The first-order chi connectivity index (χ1) is 13.3. The number of carbonyl (C=O) groups excluding carboxylic acids is 1. The first-order valence-electron chi connectivity index (χ1n) is 9.51. The van der Waals surface area contributed by atoms with Crippen LogP contribution in [0.3, 0.4) is 0 Å². The van der Waals surface area contributed by atoms with Crippen LogP contribution in [0.4, 0.5) is 11.7 Å². The van der Waals surface area contributed by atoms with Crippen LogP contribution in [0.1, 0.15) is 23.2 Å². The second-order valence-corrected chi connectivity index (χ2v) is 7.38. The van der Waals surface area contributed by atoms with Crippen molar-refractivity contribution in [2.75, 3.05) is 25.0 Å². The first-order valence-corrected chi connectivity index (χ1v) is 9.51. The van der Waals surface area contributed by atoms with Crippen molar-refractivity contribution in [3.63, 3.8) is 0 Å². The number of oxazole rings is 1. The highest BCUT2D eigenvalue weighted by atomic mass is 35.5. The van der Waals surface area contributed by atoms with E-state index < -0.39 is 0 Å². The van der Waals surface area contributed by atoms with Gasteiger partial charge in [-0.25, -0.2) is 0 Å². The SMILES string of the molecule is Cl.O=C(N[C@@H]1CN2CCC1CC2)c1cccc2oc(Nc3ccccc3)nc12. The molecule has 2 bridgehead atoms. The van der Waals surface area contributed by atoms with Crippen LogP contribution in [-0.4, -0.2) is 41.5 Å². The summed E-state index contributed by atoms with van der Waals surface area (Å²) in [6.07, 6.45) is 2.34. The number of hydrogen-bond donors (Lipinski definition) is 2. The van der Waals surface area contributed by atoms with Gasteiger partial charge in [0.05, 0.1) is 5.56 Å². The number of nitrogens with one attached hydrogen (secondary N) is 2. The Labute approximate surface area is 169 Å². The van der Waals surface area contributed by atoms with Gasteiger partial charge in [0.25, 0.3) is 11.9 Å². The predicted octanol–water partition coefficient (Wildman–Crippen LogP) is 3.82. The lowest BCUT2D eigenvalue weighted by atomic mass is 9.84. The Balaban J connectivity index is 0.00000192. The molecule has 2 aromatic carbocycles. The summed E-state index contributed by atoms with van der Waals surface area (Å²) in [5.74, 6) is 0.518. The summed E-state index contributed by atoms with van der Waals surface area (Å²) in [5, 5.41) is 6.38. The largest absolute Gasteiger partial charge is 0.423 e. The molecule has 3 aliphatic heterocycles. The zero-order chi connectivity index (χ0) is 18.2. The molecule has 6 nitrogen and oxygen atoms in total. The van der Waals surface area contributed by atoms with Gasteiger partial charge in [0.1, 0.15) is 5.52 Å². The van der Waals surface area contributed by atoms with Crippen molar-refractivity contribution >= 4 is 41.1 Å². The summed E-state index contributed by atoms with van der Waals surface area (Å²) in [4.78, 5) is 19.9. The number of halogens is 1. The monoisotopic (exact) mass is 398 g/mol.